The summed E-state index contributed by atoms with van der Waals surface area (Å²) in [5.41, 5.74) is 12.7. The second-order valence-electron chi connectivity index (χ2n) is 5.95. The normalized spacial score (nSPS) is 12.4. The van der Waals surface area contributed by atoms with Crippen LogP contribution in [-0.2, 0) is 4.79 Å². The average molecular weight is 335 g/mol. The molecule has 25 heavy (non-hydrogen) atoms. The standard InChI is InChI=1S/C20H21N3O2/c1-3-20(2,19(22)25)23-18(24)16-10-6-14(7-11-16)4-5-15-8-12-17(21)13-9-15/h6-13H,3,21H2,1-2H3,(H2,22,25)(H,23,24)/t20-/m0/s1. The summed E-state index contributed by atoms with van der Waals surface area (Å²) in [5.74, 6) is 5.15. The molecule has 2 amide bonds. The van der Waals surface area contributed by atoms with Crippen LogP contribution in [0.3, 0.4) is 0 Å². The summed E-state index contributed by atoms with van der Waals surface area (Å²) >= 11 is 0. The molecule has 128 valence electrons. The number of amides is 2. The largest absolute Gasteiger partial charge is 0.399 e. The van der Waals surface area contributed by atoms with Crippen molar-refractivity contribution in [3.8, 4) is 11.8 Å². The lowest BCUT2D eigenvalue weighted by Gasteiger charge is -2.25. The van der Waals surface area contributed by atoms with E-state index in [9.17, 15) is 9.59 Å². The Balaban J connectivity index is 2.11. The predicted molar refractivity (Wildman–Crippen MR) is 98.6 cm³/mol. The van der Waals surface area contributed by atoms with E-state index in [1.165, 1.54) is 0 Å². The first-order valence-electron chi connectivity index (χ1n) is 7.94. The molecule has 0 aliphatic heterocycles. The molecule has 5 heteroatoms. The third-order valence-electron chi connectivity index (χ3n) is 4.05. The first kappa shape index (κ1) is 18.1. The van der Waals surface area contributed by atoms with Crippen molar-refractivity contribution in [3.63, 3.8) is 0 Å². The van der Waals surface area contributed by atoms with E-state index in [1.54, 1.807) is 50.2 Å². The van der Waals surface area contributed by atoms with Gasteiger partial charge in [0.2, 0.25) is 5.91 Å². The van der Waals surface area contributed by atoms with Gasteiger partial charge in [-0.3, -0.25) is 9.59 Å². The Morgan fingerprint density at radius 2 is 1.48 bits per heavy atom. The zero-order chi connectivity index (χ0) is 18.4. The predicted octanol–water partition coefficient (Wildman–Crippen LogP) is 2.05. The molecule has 0 aliphatic carbocycles. The molecule has 5 nitrogen and oxygen atoms in total. The molecule has 0 saturated heterocycles. The molecule has 0 aromatic heterocycles. The number of nitrogens with two attached hydrogens (primary N) is 2. The van der Waals surface area contributed by atoms with E-state index in [-0.39, 0.29) is 5.91 Å². The van der Waals surface area contributed by atoms with Gasteiger partial charge in [-0.15, -0.1) is 0 Å². The Morgan fingerprint density at radius 1 is 1.00 bits per heavy atom. The van der Waals surface area contributed by atoms with Gasteiger partial charge in [0.25, 0.3) is 5.91 Å². The zero-order valence-electron chi connectivity index (χ0n) is 14.3. The van der Waals surface area contributed by atoms with Crippen LogP contribution in [0, 0.1) is 11.8 Å². The quantitative estimate of drug-likeness (QED) is 0.589. The maximum atomic E-state index is 12.3. The first-order chi connectivity index (χ1) is 11.8. The second kappa shape index (κ2) is 7.54. The number of carbonyl (C=O) groups is 2. The highest BCUT2D eigenvalue weighted by molar-refractivity contribution is 5.98. The molecule has 0 unspecified atom stereocenters. The molecular weight excluding hydrogens is 314 g/mol. The number of hydrogen-bond acceptors (Lipinski definition) is 3. The van der Waals surface area contributed by atoms with Gasteiger partial charge in [0.1, 0.15) is 5.54 Å². The van der Waals surface area contributed by atoms with Crippen LogP contribution in [0.5, 0.6) is 0 Å². The minimum Gasteiger partial charge on any atom is -0.399 e. The summed E-state index contributed by atoms with van der Waals surface area (Å²) in [5, 5.41) is 2.68. The van der Waals surface area contributed by atoms with E-state index in [0.717, 1.165) is 11.1 Å². The molecule has 1 atom stereocenters. The van der Waals surface area contributed by atoms with E-state index in [0.29, 0.717) is 17.7 Å². The molecule has 0 bridgehead atoms. The van der Waals surface area contributed by atoms with Crippen molar-refractivity contribution < 1.29 is 9.59 Å². The van der Waals surface area contributed by atoms with Crippen molar-refractivity contribution in [3.05, 3.63) is 65.2 Å². The molecule has 2 aromatic carbocycles. The van der Waals surface area contributed by atoms with Gasteiger partial charge in [0.15, 0.2) is 0 Å². The lowest BCUT2D eigenvalue weighted by molar-refractivity contribution is -0.123. The third kappa shape index (κ3) is 4.61. The van der Waals surface area contributed by atoms with Gasteiger partial charge < -0.3 is 16.8 Å². The summed E-state index contributed by atoms with van der Waals surface area (Å²) in [7, 11) is 0. The van der Waals surface area contributed by atoms with E-state index in [1.807, 2.05) is 12.1 Å². The van der Waals surface area contributed by atoms with Crippen molar-refractivity contribution in [2.75, 3.05) is 5.73 Å². The molecular formula is C20H21N3O2. The van der Waals surface area contributed by atoms with Crippen LogP contribution in [0.4, 0.5) is 5.69 Å². The van der Waals surface area contributed by atoms with Gasteiger partial charge in [0, 0.05) is 22.4 Å². The first-order valence-corrected chi connectivity index (χ1v) is 7.94. The van der Waals surface area contributed by atoms with E-state index >= 15 is 0 Å². The third-order valence-corrected chi connectivity index (χ3v) is 4.05. The Bertz CT molecular complexity index is 830. The van der Waals surface area contributed by atoms with Gasteiger partial charge in [-0.05, 0) is 61.9 Å². The summed E-state index contributed by atoms with van der Waals surface area (Å²) in [4.78, 5) is 23.8. The van der Waals surface area contributed by atoms with Crippen LogP contribution in [0.1, 0.15) is 41.8 Å². The smallest absolute Gasteiger partial charge is 0.252 e. The molecule has 0 aliphatic rings. The van der Waals surface area contributed by atoms with E-state index in [4.69, 9.17) is 11.5 Å². The highest BCUT2D eigenvalue weighted by Crippen LogP contribution is 2.11. The minimum atomic E-state index is -1.06. The fourth-order valence-electron chi connectivity index (χ4n) is 2.06. The van der Waals surface area contributed by atoms with Crippen molar-refractivity contribution in [1.29, 1.82) is 0 Å². The molecule has 5 N–H and O–H groups in total. The number of rotatable bonds is 4. The van der Waals surface area contributed by atoms with Gasteiger partial charge in [-0.25, -0.2) is 0 Å². The summed E-state index contributed by atoms with van der Waals surface area (Å²) in [6, 6.07) is 14.1. The maximum absolute atomic E-state index is 12.3. The van der Waals surface area contributed by atoms with Crippen LogP contribution in [0.25, 0.3) is 0 Å². The lowest BCUT2D eigenvalue weighted by atomic mass is 9.97. The molecule has 0 radical (unpaired) electrons. The Kier molecular flexibility index (Phi) is 5.45. The van der Waals surface area contributed by atoms with Crippen LogP contribution < -0.4 is 16.8 Å². The van der Waals surface area contributed by atoms with Crippen LogP contribution >= 0.6 is 0 Å². The summed E-state index contributed by atoms with van der Waals surface area (Å²) in [6.07, 6.45) is 0.416. The van der Waals surface area contributed by atoms with Gasteiger partial charge in [-0.1, -0.05) is 18.8 Å². The van der Waals surface area contributed by atoms with Crippen LogP contribution in [0.2, 0.25) is 0 Å². The molecule has 0 fully saturated rings. The number of nitrogen functional groups attached to an aromatic ring is 1. The van der Waals surface area contributed by atoms with Gasteiger partial charge in [0.05, 0.1) is 0 Å². The molecule has 0 heterocycles. The number of carbonyl (C=O) groups excluding carboxylic acids is 2. The maximum Gasteiger partial charge on any atom is 0.252 e. The average Bonchev–Trinajstić information content (AvgIpc) is 2.61. The van der Waals surface area contributed by atoms with Crippen LogP contribution in [-0.4, -0.2) is 17.4 Å². The van der Waals surface area contributed by atoms with Crippen molar-refractivity contribution in [1.82, 2.24) is 5.32 Å². The number of anilines is 1. The highest BCUT2D eigenvalue weighted by Gasteiger charge is 2.30. The Labute approximate surface area is 147 Å². The number of nitrogens with one attached hydrogen (secondary N) is 1. The lowest BCUT2D eigenvalue weighted by Crippen LogP contribution is -2.54. The topological polar surface area (TPSA) is 98.2 Å². The SMILES string of the molecule is CC[C@](C)(NC(=O)c1ccc(C#Cc2ccc(N)cc2)cc1)C(N)=O. The van der Waals surface area contributed by atoms with E-state index in [2.05, 4.69) is 17.2 Å². The minimum absolute atomic E-state index is 0.346. The molecule has 2 rings (SSSR count). The van der Waals surface area contributed by atoms with Crippen LogP contribution in [0.15, 0.2) is 48.5 Å². The number of hydrogen-bond donors (Lipinski definition) is 3. The fraction of sp³-hybridized carbons (Fsp3) is 0.200. The monoisotopic (exact) mass is 335 g/mol. The van der Waals surface area contributed by atoms with Crippen molar-refractivity contribution >= 4 is 17.5 Å². The zero-order valence-corrected chi connectivity index (χ0v) is 14.3. The number of benzene rings is 2. The molecule has 0 spiro atoms. The Hall–Kier alpha value is -3.26. The van der Waals surface area contributed by atoms with Crippen molar-refractivity contribution in [2.45, 2.75) is 25.8 Å². The summed E-state index contributed by atoms with van der Waals surface area (Å²) < 4.78 is 0. The molecule has 2 aromatic rings. The van der Waals surface area contributed by atoms with Gasteiger partial charge >= 0.3 is 0 Å². The van der Waals surface area contributed by atoms with Crippen molar-refractivity contribution in [2.24, 2.45) is 5.73 Å². The molecule has 0 saturated carbocycles. The fourth-order valence-corrected chi connectivity index (χ4v) is 2.06. The van der Waals surface area contributed by atoms with Gasteiger partial charge in [-0.2, -0.15) is 0 Å². The number of primary amides is 1. The highest BCUT2D eigenvalue weighted by atomic mass is 16.2. The Morgan fingerprint density at radius 3 is 1.92 bits per heavy atom. The second-order valence-corrected chi connectivity index (χ2v) is 5.95. The van der Waals surface area contributed by atoms with E-state index < -0.39 is 11.4 Å². The summed E-state index contributed by atoms with van der Waals surface area (Å²) in [6.45, 7) is 3.40.